The van der Waals surface area contributed by atoms with Crippen molar-refractivity contribution in [3.8, 4) is 0 Å². The molecule has 53 heavy (non-hydrogen) atoms. The topological polar surface area (TPSA) is 152 Å². The maximum Gasteiger partial charge on any atom is 0.328 e. The van der Waals surface area contributed by atoms with Crippen molar-refractivity contribution in [3.05, 3.63) is 53.9 Å². The molecule has 3 amide bonds. The van der Waals surface area contributed by atoms with E-state index >= 15 is 0 Å². The van der Waals surface area contributed by atoms with Crippen LogP contribution in [0, 0.1) is 17.8 Å². The third-order valence-electron chi connectivity index (χ3n) is 10.6. The highest BCUT2D eigenvalue weighted by Crippen LogP contribution is 2.30. The summed E-state index contributed by atoms with van der Waals surface area (Å²) in [5.41, 5.74) is 1.76. The van der Waals surface area contributed by atoms with Gasteiger partial charge in [-0.05, 0) is 42.7 Å². The fraction of sp³-hybridized carbons (Fsp3) is 0.650. The normalized spacial score (nSPS) is 18.3. The molecule has 13 nitrogen and oxygen atoms in total. The maximum atomic E-state index is 14.2. The summed E-state index contributed by atoms with van der Waals surface area (Å²) in [6.45, 7) is 12.3. The first kappa shape index (κ1) is 43.3. The van der Waals surface area contributed by atoms with E-state index in [2.05, 4.69) is 34.4 Å². The second-order valence-corrected chi connectivity index (χ2v) is 14.5. The lowest BCUT2D eigenvalue weighted by molar-refractivity contribution is -0.148. The van der Waals surface area contributed by atoms with Crippen LogP contribution in [-0.2, 0) is 46.2 Å². The molecule has 13 heteroatoms. The smallest absolute Gasteiger partial charge is 0.328 e. The second-order valence-electron chi connectivity index (χ2n) is 14.5. The number of benzene rings is 1. The van der Waals surface area contributed by atoms with Gasteiger partial charge in [0, 0.05) is 46.1 Å². The highest BCUT2D eigenvalue weighted by molar-refractivity contribution is 5.86. The lowest BCUT2D eigenvalue weighted by atomic mass is 9.89. The number of hydrogen-bond donors (Lipinski definition) is 2. The van der Waals surface area contributed by atoms with Crippen LogP contribution in [0.4, 0.5) is 5.95 Å². The van der Waals surface area contributed by atoms with Gasteiger partial charge in [-0.2, -0.15) is 0 Å². The summed E-state index contributed by atoms with van der Waals surface area (Å²) in [7, 11) is 6.18. The van der Waals surface area contributed by atoms with Crippen molar-refractivity contribution in [3.63, 3.8) is 0 Å². The summed E-state index contributed by atoms with van der Waals surface area (Å²) in [6, 6.07) is 9.01. The van der Waals surface area contributed by atoms with Crippen LogP contribution in [0.25, 0.3) is 0 Å². The minimum atomic E-state index is -0.879. The molecule has 294 valence electrons. The Bertz CT molecular complexity index is 1480. The molecule has 0 saturated carbocycles. The van der Waals surface area contributed by atoms with Gasteiger partial charge >= 0.3 is 5.97 Å². The van der Waals surface area contributed by atoms with Gasteiger partial charge in [-0.3, -0.25) is 14.4 Å². The molecule has 0 bridgehead atoms. The summed E-state index contributed by atoms with van der Waals surface area (Å²) in [5, 5.41) is 6.13. The molecular formula is C40H62N6O7. The highest BCUT2D eigenvalue weighted by atomic mass is 16.5. The third kappa shape index (κ3) is 11.4. The van der Waals surface area contributed by atoms with Crippen LogP contribution >= 0.6 is 0 Å². The Hall–Kier alpha value is -4.10. The van der Waals surface area contributed by atoms with E-state index in [1.807, 2.05) is 57.2 Å². The van der Waals surface area contributed by atoms with Crippen molar-refractivity contribution < 1.29 is 33.4 Å². The fourth-order valence-electron chi connectivity index (χ4n) is 7.33. The Labute approximate surface area is 315 Å². The van der Waals surface area contributed by atoms with Gasteiger partial charge in [0.05, 0.1) is 43.7 Å². The van der Waals surface area contributed by atoms with Crippen molar-refractivity contribution in [1.82, 2.24) is 25.1 Å². The standard InChI is InChI=1S/C40H62N6O7/c1-11-26(5)35(45(7)38(49)34(25(3)4)44-40-41-21-20-29(12-2)42-40)32(51-8)24-33(47)46-22-16-19-31(46)36(52-9)27(6)37(48)43-30(39(50)53-10)23-28-17-14-13-15-18-28/h13-15,17-18,20-21,25-27,30-32,34-36H,11-12,16,19,22-24H2,1-10H3,(H,43,48)(H,41,42,44)/t26-,27+,30?,31?,32+,34?,35-,36+/m0/s1. The number of carbonyl (C=O) groups is 4. The molecule has 1 aliphatic heterocycles. The summed E-state index contributed by atoms with van der Waals surface area (Å²) in [5.74, 6) is -1.53. The van der Waals surface area contributed by atoms with Crippen LogP contribution in [-0.4, -0.2) is 115 Å². The van der Waals surface area contributed by atoms with Crippen LogP contribution < -0.4 is 10.6 Å². The summed E-state index contributed by atoms with van der Waals surface area (Å²) in [4.78, 5) is 67.1. The van der Waals surface area contributed by atoms with E-state index < -0.39 is 42.2 Å². The Kier molecular flexibility index (Phi) is 17.1. The van der Waals surface area contributed by atoms with Gasteiger partial charge in [0.15, 0.2) is 0 Å². The van der Waals surface area contributed by atoms with Gasteiger partial charge in [0.1, 0.15) is 12.1 Å². The SMILES string of the molecule is CCc1ccnc(NC(C(=O)N(C)[C@@H]([C@@H](C)CC)[C@@H](CC(=O)N2CCCC2[C@H](OC)[C@@H](C)C(=O)NC(Cc2ccccc2)C(=O)OC)OC)C(C)C)n1. The molecule has 2 N–H and O–H groups in total. The third-order valence-corrected chi connectivity index (χ3v) is 10.6. The number of nitrogens with zero attached hydrogens (tertiary/aromatic N) is 4. The average molecular weight is 739 g/mol. The molecular weight excluding hydrogens is 676 g/mol. The Morgan fingerprint density at radius 3 is 2.28 bits per heavy atom. The van der Waals surface area contributed by atoms with Crippen molar-refractivity contribution >= 4 is 29.6 Å². The van der Waals surface area contributed by atoms with Gasteiger partial charge in [-0.15, -0.1) is 0 Å². The van der Waals surface area contributed by atoms with Crippen molar-refractivity contribution in [1.29, 1.82) is 0 Å². The van der Waals surface area contributed by atoms with E-state index in [9.17, 15) is 19.2 Å². The first-order chi connectivity index (χ1) is 25.3. The monoisotopic (exact) mass is 738 g/mol. The quantitative estimate of drug-likeness (QED) is 0.188. The molecule has 2 aromatic rings. The van der Waals surface area contributed by atoms with Crippen molar-refractivity contribution in [2.24, 2.45) is 17.8 Å². The zero-order valence-corrected chi connectivity index (χ0v) is 33.3. The van der Waals surface area contributed by atoms with Crippen molar-refractivity contribution in [2.75, 3.05) is 40.2 Å². The summed E-state index contributed by atoms with van der Waals surface area (Å²) < 4.78 is 17.0. The largest absolute Gasteiger partial charge is 0.467 e. The second kappa shape index (κ2) is 21.0. The van der Waals surface area contributed by atoms with Crippen LogP contribution in [0.15, 0.2) is 42.6 Å². The molecule has 1 saturated heterocycles. The first-order valence-corrected chi connectivity index (χ1v) is 18.9. The number of anilines is 1. The van der Waals surface area contributed by atoms with Gasteiger partial charge < -0.3 is 34.6 Å². The molecule has 1 aliphatic rings. The predicted molar refractivity (Wildman–Crippen MR) is 204 cm³/mol. The predicted octanol–water partition coefficient (Wildman–Crippen LogP) is 4.30. The van der Waals surface area contributed by atoms with Crippen LogP contribution in [0.3, 0.4) is 0 Å². The number of hydrogen-bond acceptors (Lipinski definition) is 10. The van der Waals surface area contributed by atoms with E-state index in [1.165, 1.54) is 14.2 Å². The first-order valence-electron chi connectivity index (χ1n) is 18.9. The van der Waals surface area contributed by atoms with Gasteiger partial charge in [0.25, 0.3) is 0 Å². The molecule has 1 fully saturated rings. The molecule has 0 aliphatic carbocycles. The van der Waals surface area contributed by atoms with Crippen molar-refractivity contribution in [2.45, 2.75) is 116 Å². The lowest BCUT2D eigenvalue weighted by Gasteiger charge is -2.40. The fourth-order valence-corrected chi connectivity index (χ4v) is 7.33. The van der Waals surface area contributed by atoms with E-state index in [-0.39, 0.29) is 48.4 Å². The molecule has 8 atom stereocenters. The average Bonchev–Trinajstić information content (AvgIpc) is 3.65. The Morgan fingerprint density at radius 2 is 1.70 bits per heavy atom. The number of amides is 3. The minimum absolute atomic E-state index is 0.0117. The number of esters is 1. The summed E-state index contributed by atoms with van der Waals surface area (Å²) in [6.07, 6.45) is 3.69. The van der Waals surface area contributed by atoms with E-state index in [4.69, 9.17) is 14.2 Å². The molecule has 3 unspecified atom stereocenters. The zero-order valence-electron chi connectivity index (χ0n) is 33.3. The molecule has 0 radical (unpaired) electrons. The number of aryl methyl sites for hydroxylation is 1. The number of methoxy groups -OCH3 is 3. The molecule has 1 aromatic carbocycles. The number of likely N-dealkylation sites (N-methyl/N-ethyl adjacent to an activating group) is 1. The van der Waals surface area contributed by atoms with E-state index in [1.54, 1.807) is 37.1 Å². The number of rotatable bonds is 20. The molecule has 3 rings (SSSR count). The van der Waals surface area contributed by atoms with Crippen LogP contribution in [0.5, 0.6) is 0 Å². The number of likely N-dealkylation sites (tertiary alicyclic amines) is 1. The highest BCUT2D eigenvalue weighted by Gasteiger charge is 2.43. The lowest BCUT2D eigenvalue weighted by Crippen LogP contribution is -2.56. The zero-order chi connectivity index (χ0) is 39.2. The van der Waals surface area contributed by atoms with E-state index in [0.717, 1.165) is 30.5 Å². The number of aromatic nitrogens is 2. The van der Waals surface area contributed by atoms with Gasteiger partial charge in [-0.1, -0.05) is 78.3 Å². The molecule has 1 aromatic heterocycles. The summed E-state index contributed by atoms with van der Waals surface area (Å²) >= 11 is 0. The Balaban J connectivity index is 1.78. The van der Waals surface area contributed by atoms with Gasteiger partial charge in [0.2, 0.25) is 23.7 Å². The number of nitrogens with one attached hydrogen (secondary N) is 2. The Morgan fingerprint density at radius 1 is 1.00 bits per heavy atom. The number of carbonyl (C=O) groups excluding carboxylic acids is 4. The number of ether oxygens (including phenoxy) is 3. The van der Waals surface area contributed by atoms with E-state index in [0.29, 0.717) is 18.9 Å². The minimum Gasteiger partial charge on any atom is -0.467 e. The molecule has 2 heterocycles. The van der Waals surface area contributed by atoms with Gasteiger partial charge in [-0.25, -0.2) is 14.8 Å². The van der Waals surface area contributed by atoms with Crippen LogP contribution in [0.2, 0.25) is 0 Å². The van der Waals surface area contributed by atoms with Crippen LogP contribution in [0.1, 0.15) is 78.5 Å². The maximum absolute atomic E-state index is 14.2. The molecule has 0 spiro atoms.